The van der Waals surface area contributed by atoms with E-state index in [1.54, 1.807) is 29.4 Å². The Balaban J connectivity index is 3.03. The zero-order valence-corrected chi connectivity index (χ0v) is 8.05. The first-order valence-electron chi connectivity index (χ1n) is 4.25. The first kappa shape index (κ1) is 10.2. The predicted octanol–water partition coefficient (Wildman–Crippen LogP) is 2.45. The fourth-order valence-corrected chi connectivity index (χ4v) is 1.10. The molecule has 0 saturated heterocycles. The maximum atomic E-state index is 10.5. The van der Waals surface area contributed by atoms with Gasteiger partial charge in [0.25, 0.3) is 0 Å². The summed E-state index contributed by atoms with van der Waals surface area (Å²) in [6.07, 6.45) is 4.43. The van der Waals surface area contributed by atoms with Crippen LogP contribution in [-0.2, 0) is 0 Å². The molecule has 0 amide bonds. The second kappa shape index (κ2) is 4.97. The Labute approximate surface area is 83.4 Å². The van der Waals surface area contributed by atoms with E-state index in [2.05, 4.69) is 11.8 Å². The summed E-state index contributed by atoms with van der Waals surface area (Å²) >= 11 is 0. The number of hydrogen-bond donors (Lipinski definition) is 0. The maximum Gasteiger partial charge on any atom is 0.150 e. The lowest BCUT2D eigenvalue weighted by Gasteiger charge is -2.13. The van der Waals surface area contributed by atoms with Gasteiger partial charge in [0.2, 0.25) is 0 Å². The van der Waals surface area contributed by atoms with Crippen molar-refractivity contribution in [2.24, 2.45) is 5.10 Å². The standard InChI is InChI=1S/C11H12N2O/c1-3-7-13(12-2)11-6-4-5-10(8-11)9-14/h3-9H,2H2,1H3/b7-3-. The molecule has 0 aliphatic carbocycles. The van der Waals surface area contributed by atoms with E-state index < -0.39 is 0 Å². The van der Waals surface area contributed by atoms with Crippen molar-refractivity contribution in [1.82, 2.24) is 0 Å². The number of anilines is 1. The van der Waals surface area contributed by atoms with Gasteiger partial charge in [-0.3, -0.25) is 4.79 Å². The second-order valence-corrected chi connectivity index (χ2v) is 2.68. The largest absolute Gasteiger partial charge is 0.298 e. The average Bonchev–Trinajstić information content (AvgIpc) is 2.26. The number of allylic oxidation sites excluding steroid dienone is 1. The van der Waals surface area contributed by atoms with E-state index in [9.17, 15) is 4.79 Å². The van der Waals surface area contributed by atoms with Crippen LogP contribution >= 0.6 is 0 Å². The topological polar surface area (TPSA) is 32.7 Å². The summed E-state index contributed by atoms with van der Waals surface area (Å²) in [6, 6.07) is 7.16. The molecule has 0 spiro atoms. The van der Waals surface area contributed by atoms with Crippen LogP contribution in [0.25, 0.3) is 0 Å². The highest BCUT2D eigenvalue weighted by Crippen LogP contribution is 2.15. The molecule has 0 heterocycles. The van der Waals surface area contributed by atoms with E-state index in [0.29, 0.717) is 5.56 Å². The lowest BCUT2D eigenvalue weighted by molar-refractivity contribution is 0.112. The van der Waals surface area contributed by atoms with Crippen molar-refractivity contribution in [1.29, 1.82) is 0 Å². The molecule has 0 saturated carbocycles. The van der Waals surface area contributed by atoms with E-state index in [4.69, 9.17) is 0 Å². The van der Waals surface area contributed by atoms with Gasteiger partial charge in [-0.05, 0) is 19.1 Å². The number of rotatable bonds is 4. The number of nitrogens with zero attached hydrogens (tertiary/aromatic N) is 2. The summed E-state index contributed by atoms with van der Waals surface area (Å²) in [5.74, 6) is 0. The average molecular weight is 188 g/mol. The molecule has 1 aromatic rings. The van der Waals surface area contributed by atoms with Crippen molar-refractivity contribution in [3.63, 3.8) is 0 Å². The van der Waals surface area contributed by atoms with E-state index in [1.165, 1.54) is 0 Å². The van der Waals surface area contributed by atoms with Crippen LogP contribution in [0.5, 0.6) is 0 Å². The molecule has 3 nitrogen and oxygen atoms in total. The van der Waals surface area contributed by atoms with Gasteiger partial charge in [0, 0.05) is 18.5 Å². The van der Waals surface area contributed by atoms with Gasteiger partial charge in [-0.1, -0.05) is 18.2 Å². The molecule has 3 heteroatoms. The monoisotopic (exact) mass is 188 g/mol. The van der Waals surface area contributed by atoms with Gasteiger partial charge >= 0.3 is 0 Å². The predicted molar refractivity (Wildman–Crippen MR) is 58.7 cm³/mol. The third-order valence-corrected chi connectivity index (χ3v) is 1.71. The smallest absolute Gasteiger partial charge is 0.150 e. The van der Waals surface area contributed by atoms with Crippen LogP contribution in [0, 0.1) is 0 Å². The molecular weight excluding hydrogens is 176 g/mol. The Morgan fingerprint density at radius 3 is 2.86 bits per heavy atom. The summed E-state index contributed by atoms with van der Waals surface area (Å²) in [4.78, 5) is 10.5. The van der Waals surface area contributed by atoms with Crippen molar-refractivity contribution in [2.45, 2.75) is 6.92 Å². The van der Waals surface area contributed by atoms with Crippen molar-refractivity contribution in [3.05, 3.63) is 42.1 Å². The highest BCUT2D eigenvalue weighted by molar-refractivity contribution is 5.77. The van der Waals surface area contributed by atoms with E-state index >= 15 is 0 Å². The molecule has 0 fully saturated rings. The molecule has 0 radical (unpaired) electrons. The van der Waals surface area contributed by atoms with Gasteiger partial charge in [-0.2, -0.15) is 5.10 Å². The van der Waals surface area contributed by atoms with Gasteiger partial charge in [-0.25, -0.2) is 5.01 Å². The normalized spacial score (nSPS) is 10.1. The van der Waals surface area contributed by atoms with Crippen molar-refractivity contribution < 1.29 is 4.79 Å². The lowest BCUT2D eigenvalue weighted by atomic mass is 10.2. The number of carbonyl (C=O) groups is 1. The quantitative estimate of drug-likeness (QED) is 0.413. The molecule has 0 N–H and O–H groups in total. The minimum atomic E-state index is 0.626. The minimum Gasteiger partial charge on any atom is -0.298 e. The first-order chi connectivity index (χ1) is 6.81. The summed E-state index contributed by atoms with van der Waals surface area (Å²) in [5.41, 5.74) is 1.45. The van der Waals surface area contributed by atoms with E-state index in [1.807, 2.05) is 19.1 Å². The van der Waals surface area contributed by atoms with Gasteiger partial charge in [0.15, 0.2) is 0 Å². The Morgan fingerprint density at radius 2 is 2.29 bits per heavy atom. The molecule has 0 bridgehead atoms. The Kier molecular flexibility index (Phi) is 3.61. The molecule has 1 aromatic carbocycles. The van der Waals surface area contributed by atoms with Crippen molar-refractivity contribution in [2.75, 3.05) is 5.01 Å². The number of hydrazone groups is 1. The molecule has 0 unspecified atom stereocenters. The van der Waals surface area contributed by atoms with Crippen molar-refractivity contribution >= 4 is 18.7 Å². The van der Waals surface area contributed by atoms with E-state index in [0.717, 1.165) is 12.0 Å². The summed E-state index contributed by atoms with van der Waals surface area (Å²) < 4.78 is 0. The minimum absolute atomic E-state index is 0.626. The van der Waals surface area contributed by atoms with Gasteiger partial charge in [-0.15, -0.1) is 0 Å². The van der Waals surface area contributed by atoms with Crippen LogP contribution in [0.3, 0.4) is 0 Å². The van der Waals surface area contributed by atoms with Crippen LogP contribution in [0.1, 0.15) is 17.3 Å². The SMILES string of the molecule is C=NN(/C=C\C)c1cccc(C=O)c1. The Bertz CT molecular complexity index is 358. The fraction of sp³-hybridized carbons (Fsp3) is 0.0909. The third-order valence-electron chi connectivity index (χ3n) is 1.71. The zero-order valence-electron chi connectivity index (χ0n) is 8.05. The molecule has 72 valence electrons. The summed E-state index contributed by atoms with van der Waals surface area (Å²) in [6.45, 7) is 5.34. The Morgan fingerprint density at radius 1 is 1.50 bits per heavy atom. The summed E-state index contributed by atoms with van der Waals surface area (Å²) in [7, 11) is 0. The number of aldehydes is 1. The number of benzene rings is 1. The third kappa shape index (κ3) is 2.29. The first-order valence-corrected chi connectivity index (χ1v) is 4.25. The van der Waals surface area contributed by atoms with E-state index in [-0.39, 0.29) is 0 Å². The second-order valence-electron chi connectivity index (χ2n) is 2.68. The molecule has 0 aliphatic rings. The van der Waals surface area contributed by atoms with Crippen LogP contribution in [0.4, 0.5) is 5.69 Å². The van der Waals surface area contributed by atoms with Crippen LogP contribution < -0.4 is 5.01 Å². The Hall–Kier alpha value is -1.90. The van der Waals surface area contributed by atoms with Crippen molar-refractivity contribution in [3.8, 4) is 0 Å². The van der Waals surface area contributed by atoms with Crippen LogP contribution in [0.15, 0.2) is 41.6 Å². The fourth-order valence-electron chi connectivity index (χ4n) is 1.10. The molecule has 0 aliphatic heterocycles. The van der Waals surface area contributed by atoms with Crippen LogP contribution in [0.2, 0.25) is 0 Å². The van der Waals surface area contributed by atoms with Gasteiger partial charge < -0.3 is 0 Å². The van der Waals surface area contributed by atoms with Crippen LogP contribution in [-0.4, -0.2) is 13.0 Å². The highest BCUT2D eigenvalue weighted by Gasteiger charge is 1.99. The van der Waals surface area contributed by atoms with Gasteiger partial charge in [0.05, 0.1) is 5.69 Å². The number of carbonyl (C=O) groups excluding carboxylic acids is 1. The molecule has 0 aromatic heterocycles. The summed E-state index contributed by atoms with van der Waals surface area (Å²) in [5, 5.41) is 5.41. The highest BCUT2D eigenvalue weighted by atomic mass is 16.1. The van der Waals surface area contributed by atoms with Gasteiger partial charge in [0.1, 0.15) is 6.29 Å². The molecule has 1 rings (SSSR count). The molecule has 14 heavy (non-hydrogen) atoms. The molecule has 0 atom stereocenters. The zero-order chi connectivity index (χ0) is 10.4. The maximum absolute atomic E-state index is 10.5. The lowest BCUT2D eigenvalue weighted by Crippen LogP contribution is -2.06. The molecular formula is C11H12N2O. The number of hydrogen-bond acceptors (Lipinski definition) is 3.